The molecule has 1 unspecified atom stereocenters. The Hall–Kier alpha value is -1.36. The van der Waals surface area contributed by atoms with E-state index in [1.54, 1.807) is 16.2 Å². The van der Waals surface area contributed by atoms with E-state index >= 15 is 0 Å². The minimum Gasteiger partial charge on any atom is -0.340 e. The SMILES string of the molecule is CC1(C2CC2)NC(=O)CN(Cc2cccs2)C1=O. The molecule has 0 bridgehead atoms. The van der Waals surface area contributed by atoms with E-state index in [-0.39, 0.29) is 18.4 Å². The summed E-state index contributed by atoms with van der Waals surface area (Å²) in [5, 5.41) is 4.88. The van der Waals surface area contributed by atoms with Gasteiger partial charge in [0.2, 0.25) is 11.8 Å². The Bertz CT molecular complexity index is 481. The van der Waals surface area contributed by atoms with E-state index in [9.17, 15) is 9.59 Å². The van der Waals surface area contributed by atoms with E-state index < -0.39 is 5.54 Å². The molecule has 1 aromatic rings. The van der Waals surface area contributed by atoms with Gasteiger partial charge in [0.15, 0.2) is 0 Å². The van der Waals surface area contributed by atoms with Crippen LogP contribution in [0.4, 0.5) is 0 Å². The normalized spacial score (nSPS) is 28.4. The molecule has 2 fully saturated rings. The lowest BCUT2D eigenvalue weighted by Crippen LogP contribution is -2.66. The van der Waals surface area contributed by atoms with E-state index in [2.05, 4.69) is 5.32 Å². The number of nitrogens with one attached hydrogen (secondary N) is 1. The molecule has 5 heteroatoms. The van der Waals surface area contributed by atoms with Crippen LogP contribution in [-0.2, 0) is 16.1 Å². The van der Waals surface area contributed by atoms with Crippen molar-refractivity contribution in [3.05, 3.63) is 22.4 Å². The molecule has 1 N–H and O–H groups in total. The van der Waals surface area contributed by atoms with Crippen LogP contribution in [0, 0.1) is 5.92 Å². The summed E-state index contributed by atoms with van der Waals surface area (Å²) in [7, 11) is 0. The minimum absolute atomic E-state index is 0.0412. The van der Waals surface area contributed by atoms with Crippen molar-refractivity contribution in [3.8, 4) is 0 Å². The highest BCUT2D eigenvalue weighted by atomic mass is 32.1. The molecule has 1 aliphatic heterocycles. The van der Waals surface area contributed by atoms with E-state index in [0.717, 1.165) is 17.7 Å². The number of hydrogen-bond acceptors (Lipinski definition) is 3. The van der Waals surface area contributed by atoms with E-state index in [0.29, 0.717) is 12.5 Å². The molecular formula is C13H16N2O2S. The van der Waals surface area contributed by atoms with Crippen LogP contribution in [0.5, 0.6) is 0 Å². The standard InChI is InChI=1S/C13H16N2O2S/c1-13(9-4-5-9)12(17)15(8-11(16)14-13)7-10-3-2-6-18-10/h2-3,6,9H,4-5,7-8H2,1H3,(H,14,16). The number of piperazine rings is 1. The zero-order chi connectivity index (χ0) is 12.8. The molecule has 18 heavy (non-hydrogen) atoms. The Morgan fingerprint density at radius 2 is 2.28 bits per heavy atom. The summed E-state index contributed by atoms with van der Waals surface area (Å²) in [4.78, 5) is 27.1. The average Bonchev–Trinajstić information content (AvgIpc) is 3.06. The van der Waals surface area contributed by atoms with E-state index in [1.807, 2.05) is 24.4 Å². The first-order chi connectivity index (χ1) is 8.59. The van der Waals surface area contributed by atoms with Crippen molar-refractivity contribution in [1.82, 2.24) is 10.2 Å². The summed E-state index contributed by atoms with van der Waals surface area (Å²) >= 11 is 1.62. The average molecular weight is 264 g/mol. The van der Waals surface area contributed by atoms with E-state index in [4.69, 9.17) is 0 Å². The van der Waals surface area contributed by atoms with Crippen molar-refractivity contribution in [1.29, 1.82) is 0 Å². The number of hydrogen-bond donors (Lipinski definition) is 1. The molecule has 2 amide bonds. The number of nitrogens with zero attached hydrogens (tertiary/aromatic N) is 1. The smallest absolute Gasteiger partial charge is 0.249 e. The minimum atomic E-state index is -0.674. The van der Waals surface area contributed by atoms with Crippen molar-refractivity contribution in [3.63, 3.8) is 0 Å². The molecule has 0 radical (unpaired) electrons. The van der Waals surface area contributed by atoms with E-state index in [1.165, 1.54) is 0 Å². The first-order valence-corrected chi connectivity index (χ1v) is 7.10. The molecule has 0 aromatic carbocycles. The molecule has 2 aliphatic rings. The van der Waals surface area contributed by atoms with Gasteiger partial charge in [0.05, 0.1) is 6.54 Å². The fraction of sp³-hybridized carbons (Fsp3) is 0.538. The fourth-order valence-corrected chi connectivity index (χ4v) is 3.33. The van der Waals surface area contributed by atoms with Gasteiger partial charge in [-0.15, -0.1) is 11.3 Å². The van der Waals surface area contributed by atoms with Crippen LogP contribution < -0.4 is 5.32 Å². The number of thiophene rings is 1. The predicted octanol–water partition coefficient (Wildman–Crippen LogP) is 1.38. The van der Waals surface area contributed by atoms with Crippen LogP contribution in [-0.4, -0.2) is 28.8 Å². The highest BCUT2D eigenvalue weighted by Gasteiger charge is 2.52. The fourth-order valence-electron chi connectivity index (χ4n) is 2.61. The first kappa shape index (κ1) is 11.7. The van der Waals surface area contributed by atoms with Gasteiger partial charge in [0.1, 0.15) is 12.1 Å². The Balaban J connectivity index is 1.81. The lowest BCUT2D eigenvalue weighted by atomic mass is 9.91. The van der Waals surface area contributed by atoms with Crippen LogP contribution in [0.2, 0.25) is 0 Å². The van der Waals surface area contributed by atoms with Crippen molar-refractivity contribution >= 4 is 23.2 Å². The van der Waals surface area contributed by atoms with Crippen LogP contribution in [0.1, 0.15) is 24.6 Å². The van der Waals surface area contributed by atoms with Gasteiger partial charge in [-0.05, 0) is 37.1 Å². The summed E-state index contributed by atoms with van der Waals surface area (Å²) in [6.45, 7) is 2.59. The monoisotopic (exact) mass is 264 g/mol. The summed E-state index contributed by atoms with van der Waals surface area (Å²) < 4.78 is 0. The van der Waals surface area contributed by atoms with Crippen LogP contribution in [0.25, 0.3) is 0 Å². The molecule has 0 spiro atoms. The van der Waals surface area contributed by atoms with Gasteiger partial charge in [-0.2, -0.15) is 0 Å². The van der Waals surface area contributed by atoms with Gasteiger partial charge < -0.3 is 10.2 Å². The van der Waals surface area contributed by atoms with Crippen LogP contribution >= 0.6 is 11.3 Å². The third kappa shape index (κ3) is 1.92. The molecule has 1 saturated carbocycles. The summed E-state index contributed by atoms with van der Waals surface area (Å²) in [6.07, 6.45) is 2.07. The topological polar surface area (TPSA) is 49.4 Å². The van der Waals surface area contributed by atoms with Gasteiger partial charge in [-0.25, -0.2) is 0 Å². The molecular weight excluding hydrogens is 248 g/mol. The lowest BCUT2D eigenvalue weighted by Gasteiger charge is -2.40. The van der Waals surface area contributed by atoms with Gasteiger partial charge in [0, 0.05) is 4.88 Å². The second-order valence-corrected chi connectivity index (χ2v) is 6.30. The van der Waals surface area contributed by atoms with Gasteiger partial charge in [-0.1, -0.05) is 6.07 Å². The number of amides is 2. The molecule has 1 aromatic heterocycles. The number of carbonyl (C=O) groups is 2. The highest BCUT2D eigenvalue weighted by molar-refractivity contribution is 7.09. The summed E-state index contributed by atoms with van der Waals surface area (Å²) in [5.74, 6) is 0.346. The first-order valence-electron chi connectivity index (χ1n) is 6.22. The maximum absolute atomic E-state index is 12.5. The largest absolute Gasteiger partial charge is 0.340 e. The van der Waals surface area contributed by atoms with Gasteiger partial charge in [0.25, 0.3) is 0 Å². The summed E-state index contributed by atoms with van der Waals surface area (Å²) in [6, 6.07) is 3.97. The Morgan fingerprint density at radius 1 is 1.50 bits per heavy atom. The van der Waals surface area contributed by atoms with Crippen LogP contribution in [0.15, 0.2) is 17.5 Å². The highest BCUT2D eigenvalue weighted by Crippen LogP contribution is 2.41. The number of carbonyl (C=O) groups excluding carboxylic acids is 2. The Morgan fingerprint density at radius 3 is 2.89 bits per heavy atom. The lowest BCUT2D eigenvalue weighted by molar-refractivity contribution is -0.150. The van der Waals surface area contributed by atoms with Gasteiger partial charge >= 0.3 is 0 Å². The molecule has 1 saturated heterocycles. The van der Waals surface area contributed by atoms with Crippen molar-refractivity contribution in [2.24, 2.45) is 5.92 Å². The molecule has 2 heterocycles. The van der Waals surface area contributed by atoms with Crippen molar-refractivity contribution < 1.29 is 9.59 Å². The summed E-state index contributed by atoms with van der Waals surface area (Å²) in [5.41, 5.74) is -0.674. The zero-order valence-electron chi connectivity index (χ0n) is 10.3. The third-order valence-corrected chi connectivity index (χ3v) is 4.65. The quantitative estimate of drug-likeness (QED) is 0.896. The molecule has 4 nitrogen and oxygen atoms in total. The Kier molecular flexibility index (Phi) is 2.66. The number of rotatable bonds is 3. The van der Waals surface area contributed by atoms with Crippen molar-refractivity contribution in [2.45, 2.75) is 31.8 Å². The molecule has 96 valence electrons. The van der Waals surface area contributed by atoms with Crippen molar-refractivity contribution in [2.75, 3.05) is 6.54 Å². The van der Waals surface area contributed by atoms with Crippen LogP contribution in [0.3, 0.4) is 0 Å². The maximum Gasteiger partial charge on any atom is 0.249 e. The van der Waals surface area contributed by atoms with Gasteiger partial charge in [-0.3, -0.25) is 9.59 Å². The predicted molar refractivity (Wildman–Crippen MR) is 69.0 cm³/mol. The second kappa shape index (κ2) is 4.09. The zero-order valence-corrected chi connectivity index (χ0v) is 11.1. The maximum atomic E-state index is 12.5. The molecule has 1 atom stereocenters. The molecule has 3 rings (SSSR count). The second-order valence-electron chi connectivity index (χ2n) is 5.27. The third-order valence-electron chi connectivity index (χ3n) is 3.79. The Labute approximate surface area is 110 Å². The molecule has 1 aliphatic carbocycles.